The van der Waals surface area contributed by atoms with Crippen LogP contribution in [0.25, 0.3) is 0 Å². The van der Waals surface area contributed by atoms with Gasteiger partial charge >= 0.3 is 0 Å². The molecule has 3 aromatic carbocycles. The van der Waals surface area contributed by atoms with E-state index in [-0.39, 0.29) is 11.8 Å². The summed E-state index contributed by atoms with van der Waals surface area (Å²) in [7, 11) is 0. The van der Waals surface area contributed by atoms with Crippen molar-refractivity contribution >= 4 is 11.8 Å². The molecule has 0 bridgehead atoms. The Balaban J connectivity index is 1.46. The lowest BCUT2D eigenvalue weighted by Gasteiger charge is -2.27. The van der Waals surface area contributed by atoms with Crippen molar-refractivity contribution in [2.24, 2.45) is 0 Å². The number of fused-ring (bicyclic) bond motifs is 1. The topological polar surface area (TPSA) is 58.6 Å². The fraction of sp³-hybridized carbons (Fsp3) is 0.231. The molecule has 1 aliphatic rings. The van der Waals surface area contributed by atoms with E-state index in [2.05, 4.69) is 5.32 Å². The van der Waals surface area contributed by atoms with Gasteiger partial charge in [-0.2, -0.15) is 0 Å². The zero-order chi connectivity index (χ0) is 21.6. The highest BCUT2D eigenvalue weighted by atomic mass is 16.5. The van der Waals surface area contributed by atoms with E-state index in [4.69, 9.17) is 4.74 Å². The number of carbonyl (C=O) groups is 2. The standard InChI is InChI=1S/C26H26N2O3/c1-2-31-22-14-12-19(13-15-22)16-17-27-25(29)24(20-8-4-3-5-9-20)28-18-21-10-6-7-11-23(21)26(28)30/h3-15,24H,2,16-18H2,1H3,(H,27,29). The first-order valence-electron chi connectivity index (χ1n) is 10.6. The molecule has 1 heterocycles. The monoisotopic (exact) mass is 414 g/mol. The smallest absolute Gasteiger partial charge is 0.255 e. The highest BCUT2D eigenvalue weighted by Gasteiger charge is 2.36. The van der Waals surface area contributed by atoms with E-state index >= 15 is 0 Å². The number of nitrogens with zero attached hydrogens (tertiary/aromatic N) is 1. The average Bonchev–Trinajstić information content (AvgIpc) is 3.12. The van der Waals surface area contributed by atoms with Crippen molar-refractivity contribution < 1.29 is 14.3 Å². The summed E-state index contributed by atoms with van der Waals surface area (Å²) in [6.07, 6.45) is 0.702. The van der Waals surface area contributed by atoms with E-state index in [0.29, 0.717) is 31.7 Å². The van der Waals surface area contributed by atoms with Gasteiger partial charge in [0.15, 0.2) is 0 Å². The van der Waals surface area contributed by atoms with Crippen molar-refractivity contribution in [2.75, 3.05) is 13.2 Å². The summed E-state index contributed by atoms with van der Waals surface area (Å²) in [5.41, 5.74) is 3.55. The van der Waals surface area contributed by atoms with Crippen molar-refractivity contribution in [3.05, 3.63) is 101 Å². The zero-order valence-electron chi connectivity index (χ0n) is 17.6. The molecule has 3 aromatic rings. The Morgan fingerprint density at radius 1 is 1.00 bits per heavy atom. The van der Waals surface area contributed by atoms with Crippen LogP contribution in [0.5, 0.6) is 5.75 Å². The minimum atomic E-state index is -0.665. The fourth-order valence-corrected chi connectivity index (χ4v) is 3.94. The third-order valence-corrected chi connectivity index (χ3v) is 5.47. The second-order valence-corrected chi connectivity index (χ2v) is 7.52. The maximum Gasteiger partial charge on any atom is 0.255 e. The Kier molecular flexibility index (Phi) is 6.32. The predicted molar refractivity (Wildman–Crippen MR) is 120 cm³/mol. The number of carbonyl (C=O) groups excluding carboxylic acids is 2. The number of nitrogens with one attached hydrogen (secondary N) is 1. The number of ether oxygens (including phenoxy) is 1. The van der Waals surface area contributed by atoms with E-state index in [1.807, 2.05) is 85.8 Å². The van der Waals surface area contributed by atoms with Gasteiger partial charge in [0.1, 0.15) is 11.8 Å². The molecule has 1 atom stereocenters. The van der Waals surface area contributed by atoms with Gasteiger partial charge in [0.2, 0.25) is 5.91 Å². The first kappa shape index (κ1) is 20.7. The Morgan fingerprint density at radius 3 is 2.42 bits per heavy atom. The molecular formula is C26H26N2O3. The first-order chi connectivity index (χ1) is 15.2. The largest absolute Gasteiger partial charge is 0.494 e. The SMILES string of the molecule is CCOc1ccc(CCNC(=O)C(c2ccccc2)N2Cc3ccccc3C2=O)cc1. The third kappa shape index (κ3) is 4.61. The van der Waals surface area contributed by atoms with Gasteiger partial charge in [-0.25, -0.2) is 0 Å². The Hall–Kier alpha value is -3.60. The number of rotatable bonds is 8. The predicted octanol–water partition coefficient (Wildman–Crippen LogP) is 4.14. The quantitative estimate of drug-likeness (QED) is 0.603. The molecule has 158 valence electrons. The molecule has 5 heteroatoms. The molecule has 2 amide bonds. The molecule has 4 rings (SSSR count). The van der Waals surface area contributed by atoms with Gasteiger partial charge in [-0.05, 0) is 48.2 Å². The van der Waals surface area contributed by atoms with Gasteiger partial charge in [0.05, 0.1) is 6.61 Å². The van der Waals surface area contributed by atoms with Crippen LogP contribution >= 0.6 is 0 Å². The Bertz CT molecular complexity index is 1050. The van der Waals surface area contributed by atoms with Gasteiger partial charge in [-0.15, -0.1) is 0 Å². The van der Waals surface area contributed by atoms with E-state index in [1.165, 1.54) is 0 Å². The molecule has 1 aliphatic heterocycles. The van der Waals surface area contributed by atoms with Gasteiger partial charge in [-0.1, -0.05) is 60.7 Å². The van der Waals surface area contributed by atoms with Crippen molar-refractivity contribution in [1.29, 1.82) is 0 Å². The van der Waals surface area contributed by atoms with Gasteiger partial charge in [0.25, 0.3) is 5.91 Å². The minimum Gasteiger partial charge on any atom is -0.494 e. The molecule has 0 spiro atoms. The molecule has 0 saturated heterocycles. The van der Waals surface area contributed by atoms with Crippen LogP contribution in [0.1, 0.15) is 40.0 Å². The van der Waals surface area contributed by atoms with Crippen molar-refractivity contribution in [2.45, 2.75) is 25.9 Å². The van der Waals surface area contributed by atoms with Gasteiger partial charge < -0.3 is 15.0 Å². The lowest BCUT2D eigenvalue weighted by atomic mass is 10.0. The zero-order valence-corrected chi connectivity index (χ0v) is 17.6. The van der Waals surface area contributed by atoms with Crippen LogP contribution < -0.4 is 10.1 Å². The normalized spacial score (nSPS) is 13.6. The molecule has 1 N–H and O–H groups in total. The van der Waals surface area contributed by atoms with Crippen LogP contribution in [0.3, 0.4) is 0 Å². The molecule has 0 aliphatic carbocycles. The maximum absolute atomic E-state index is 13.2. The second kappa shape index (κ2) is 9.47. The summed E-state index contributed by atoms with van der Waals surface area (Å²) in [5.74, 6) is 0.566. The van der Waals surface area contributed by atoms with E-state index in [9.17, 15) is 9.59 Å². The van der Waals surface area contributed by atoms with Crippen LogP contribution in [0, 0.1) is 0 Å². The summed E-state index contributed by atoms with van der Waals surface area (Å²) in [5, 5.41) is 3.03. The summed E-state index contributed by atoms with van der Waals surface area (Å²) < 4.78 is 5.47. The molecule has 5 nitrogen and oxygen atoms in total. The van der Waals surface area contributed by atoms with Crippen LogP contribution in [-0.2, 0) is 17.8 Å². The number of hydrogen-bond donors (Lipinski definition) is 1. The number of amides is 2. The van der Waals surface area contributed by atoms with Crippen LogP contribution in [0.15, 0.2) is 78.9 Å². The van der Waals surface area contributed by atoms with Crippen molar-refractivity contribution in [3.63, 3.8) is 0 Å². The highest BCUT2D eigenvalue weighted by Crippen LogP contribution is 2.31. The fourth-order valence-electron chi connectivity index (χ4n) is 3.94. The summed E-state index contributed by atoms with van der Waals surface area (Å²) in [6, 6.07) is 24.3. The number of hydrogen-bond acceptors (Lipinski definition) is 3. The molecule has 0 radical (unpaired) electrons. The van der Waals surface area contributed by atoms with E-state index < -0.39 is 6.04 Å². The molecule has 0 aromatic heterocycles. The van der Waals surface area contributed by atoms with Gasteiger partial charge in [-0.3, -0.25) is 9.59 Å². The van der Waals surface area contributed by atoms with Gasteiger partial charge in [0, 0.05) is 18.7 Å². The van der Waals surface area contributed by atoms with Crippen LogP contribution in [0.2, 0.25) is 0 Å². The molecule has 0 fully saturated rings. The van der Waals surface area contributed by atoms with Crippen molar-refractivity contribution in [3.8, 4) is 5.75 Å². The van der Waals surface area contributed by atoms with Crippen LogP contribution in [-0.4, -0.2) is 29.9 Å². The highest BCUT2D eigenvalue weighted by molar-refractivity contribution is 6.01. The number of benzene rings is 3. The second-order valence-electron chi connectivity index (χ2n) is 7.52. The minimum absolute atomic E-state index is 0.105. The summed E-state index contributed by atoms with van der Waals surface area (Å²) >= 11 is 0. The lowest BCUT2D eigenvalue weighted by molar-refractivity contribution is -0.125. The molecule has 31 heavy (non-hydrogen) atoms. The van der Waals surface area contributed by atoms with E-state index in [0.717, 1.165) is 22.4 Å². The third-order valence-electron chi connectivity index (χ3n) is 5.47. The summed E-state index contributed by atoms with van der Waals surface area (Å²) in [6.45, 7) is 3.51. The molecule has 1 unspecified atom stereocenters. The molecule has 0 saturated carbocycles. The lowest BCUT2D eigenvalue weighted by Crippen LogP contribution is -2.41. The van der Waals surface area contributed by atoms with Crippen molar-refractivity contribution in [1.82, 2.24) is 10.2 Å². The van der Waals surface area contributed by atoms with Crippen LogP contribution in [0.4, 0.5) is 0 Å². The maximum atomic E-state index is 13.2. The Labute approximate surface area is 182 Å². The molecular weight excluding hydrogens is 388 g/mol. The van der Waals surface area contributed by atoms with E-state index in [1.54, 1.807) is 4.90 Å². The summed E-state index contributed by atoms with van der Waals surface area (Å²) in [4.78, 5) is 27.9. The average molecular weight is 415 g/mol. The Morgan fingerprint density at radius 2 is 1.71 bits per heavy atom. The first-order valence-corrected chi connectivity index (χ1v) is 10.6.